The molecule has 1 aliphatic carbocycles. The molecule has 2 unspecified atom stereocenters. The van der Waals surface area contributed by atoms with Crippen molar-refractivity contribution >= 4 is 0 Å². The van der Waals surface area contributed by atoms with E-state index in [-0.39, 0.29) is 0 Å². The van der Waals surface area contributed by atoms with Gasteiger partial charge in [-0.05, 0) is 62.5 Å². The summed E-state index contributed by atoms with van der Waals surface area (Å²) in [6.07, 6.45) is 1.08. The van der Waals surface area contributed by atoms with Gasteiger partial charge in [-0.25, -0.2) is 0 Å². The SMILES string of the molecule is CC(c1ccc2c(c1)Cc1cc(C(C)C(C)(C)C)ccc1-2)C(C)(C)C. The fourth-order valence-electron chi connectivity index (χ4n) is 3.79. The third-order valence-corrected chi connectivity index (χ3v) is 6.53. The second-order valence-electron chi connectivity index (χ2n) is 10.2. The van der Waals surface area contributed by atoms with Crippen LogP contribution in [0.4, 0.5) is 0 Å². The van der Waals surface area contributed by atoms with Gasteiger partial charge in [-0.2, -0.15) is 0 Å². The van der Waals surface area contributed by atoms with Gasteiger partial charge in [-0.3, -0.25) is 0 Å². The maximum absolute atomic E-state index is 2.46. The summed E-state index contributed by atoms with van der Waals surface area (Å²) in [5.41, 5.74) is 9.44. The Morgan fingerprint density at radius 3 is 1.32 bits per heavy atom. The molecule has 0 heteroatoms. The molecule has 1 aliphatic rings. The molecule has 0 radical (unpaired) electrons. The first-order valence-electron chi connectivity index (χ1n) is 9.74. The Hall–Kier alpha value is -1.56. The van der Waals surface area contributed by atoms with E-state index in [0.29, 0.717) is 22.7 Å². The van der Waals surface area contributed by atoms with Crippen LogP contribution in [0.5, 0.6) is 0 Å². The lowest BCUT2D eigenvalue weighted by molar-refractivity contribution is 0.339. The zero-order chi connectivity index (χ0) is 18.6. The molecule has 0 nitrogen and oxygen atoms in total. The number of rotatable bonds is 2. The fraction of sp³-hybridized carbons (Fsp3) is 0.520. The third-order valence-electron chi connectivity index (χ3n) is 6.53. The molecule has 134 valence electrons. The van der Waals surface area contributed by atoms with Crippen LogP contribution >= 0.6 is 0 Å². The van der Waals surface area contributed by atoms with Crippen molar-refractivity contribution in [3.8, 4) is 11.1 Å². The molecule has 0 amide bonds. The monoisotopic (exact) mass is 334 g/mol. The van der Waals surface area contributed by atoms with Gasteiger partial charge >= 0.3 is 0 Å². The second-order valence-corrected chi connectivity index (χ2v) is 10.2. The second kappa shape index (κ2) is 6.01. The quantitative estimate of drug-likeness (QED) is 0.453. The highest BCUT2D eigenvalue weighted by Gasteiger charge is 2.26. The predicted octanol–water partition coefficient (Wildman–Crippen LogP) is 7.56. The largest absolute Gasteiger partial charge is 0.0596 e. The van der Waals surface area contributed by atoms with Crippen LogP contribution in [0.2, 0.25) is 0 Å². The first-order valence-corrected chi connectivity index (χ1v) is 9.74. The van der Waals surface area contributed by atoms with Crippen LogP contribution in [-0.4, -0.2) is 0 Å². The zero-order valence-electron chi connectivity index (χ0n) is 17.3. The van der Waals surface area contributed by atoms with E-state index in [1.165, 1.54) is 33.4 Å². The van der Waals surface area contributed by atoms with Gasteiger partial charge in [0, 0.05) is 0 Å². The number of benzene rings is 2. The molecule has 25 heavy (non-hydrogen) atoms. The zero-order valence-corrected chi connectivity index (χ0v) is 17.3. The first-order chi connectivity index (χ1) is 11.5. The molecule has 0 N–H and O–H groups in total. The molecule has 3 rings (SSSR count). The van der Waals surface area contributed by atoms with Crippen LogP contribution in [-0.2, 0) is 6.42 Å². The Kier molecular flexibility index (Phi) is 4.38. The number of hydrogen-bond donors (Lipinski definition) is 0. The van der Waals surface area contributed by atoms with E-state index >= 15 is 0 Å². The summed E-state index contributed by atoms with van der Waals surface area (Å²) < 4.78 is 0. The van der Waals surface area contributed by atoms with Crippen molar-refractivity contribution in [3.63, 3.8) is 0 Å². The van der Waals surface area contributed by atoms with Gasteiger partial charge in [0.25, 0.3) is 0 Å². The van der Waals surface area contributed by atoms with Gasteiger partial charge in [0.05, 0.1) is 0 Å². The van der Waals surface area contributed by atoms with E-state index in [9.17, 15) is 0 Å². The fourth-order valence-corrected chi connectivity index (χ4v) is 3.79. The molecule has 0 aromatic heterocycles. The maximum atomic E-state index is 2.46. The molecule has 2 aromatic rings. The average Bonchev–Trinajstić information content (AvgIpc) is 2.88. The van der Waals surface area contributed by atoms with Crippen molar-refractivity contribution in [2.24, 2.45) is 10.8 Å². The molecule has 0 saturated carbocycles. The van der Waals surface area contributed by atoms with Gasteiger partial charge in [0.1, 0.15) is 0 Å². The summed E-state index contributed by atoms with van der Waals surface area (Å²) >= 11 is 0. The van der Waals surface area contributed by atoms with Gasteiger partial charge in [-0.1, -0.05) is 91.8 Å². The topological polar surface area (TPSA) is 0 Å². The van der Waals surface area contributed by atoms with Crippen molar-refractivity contribution in [1.29, 1.82) is 0 Å². The highest BCUT2D eigenvalue weighted by Crippen LogP contribution is 2.43. The Labute approximate surface area is 154 Å². The molecule has 2 aromatic carbocycles. The molecule has 0 saturated heterocycles. The molecular weight excluding hydrogens is 300 g/mol. The third kappa shape index (κ3) is 3.41. The van der Waals surface area contributed by atoms with Gasteiger partial charge in [0.15, 0.2) is 0 Å². The molecule has 0 spiro atoms. The Morgan fingerprint density at radius 1 is 0.640 bits per heavy atom. The molecule has 0 heterocycles. The van der Waals surface area contributed by atoms with E-state index in [1.54, 1.807) is 0 Å². The number of hydrogen-bond acceptors (Lipinski definition) is 0. The van der Waals surface area contributed by atoms with E-state index in [4.69, 9.17) is 0 Å². The number of fused-ring (bicyclic) bond motifs is 3. The van der Waals surface area contributed by atoms with Crippen LogP contribution in [0.15, 0.2) is 36.4 Å². The van der Waals surface area contributed by atoms with Crippen LogP contribution in [0.3, 0.4) is 0 Å². The highest BCUT2D eigenvalue weighted by molar-refractivity contribution is 5.77. The summed E-state index contributed by atoms with van der Waals surface area (Å²) in [5, 5.41) is 0. The summed E-state index contributed by atoms with van der Waals surface area (Å²) in [4.78, 5) is 0. The Morgan fingerprint density at radius 2 is 1.00 bits per heavy atom. The van der Waals surface area contributed by atoms with Crippen molar-refractivity contribution in [1.82, 2.24) is 0 Å². The van der Waals surface area contributed by atoms with Gasteiger partial charge in [0.2, 0.25) is 0 Å². The lowest BCUT2D eigenvalue weighted by Crippen LogP contribution is -2.15. The van der Waals surface area contributed by atoms with Crippen LogP contribution in [0.25, 0.3) is 11.1 Å². The van der Waals surface area contributed by atoms with Crippen molar-refractivity contribution < 1.29 is 0 Å². The average molecular weight is 335 g/mol. The van der Waals surface area contributed by atoms with Crippen LogP contribution in [0.1, 0.15) is 89.5 Å². The Bertz CT molecular complexity index is 713. The van der Waals surface area contributed by atoms with Crippen molar-refractivity contribution in [2.75, 3.05) is 0 Å². The van der Waals surface area contributed by atoms with E-state index in [0.717, 1.165) is 6.42 Å². The van der Waals surface area contributed by atoms with Crippen LogP contribution in [0, 0.1) is 10.8 Å². The normalized spacial score (nSPS) is 16.3. The molecule has 0 fully saturated rings. The smallest absolute Gasteiger partial charge is 0.00132 e. The van der Waals surface area contributed by atoms with E-state index < -0.39 is 0 Å². The minimum absolute atomic E-state index is 0.301. The van der Waals surface area contributed by atoms with Gasteiger partial charge in [-0.15, -0.1) is 0 Å². The molecule has 0 bridgehead atoms. The maximum Gasteiger partial charge on any atom is -0.00132 e. The molecular formula is C25H34. The van der Waals surface area contributed by atoms with Gasteiger partial charge < -0.3 is 0 Å². The lowest BCUT2D eigenvalue weighted by Gasteiger charge is -2.28. The molecule has 0 aliphatic heterocycles. The summed E-state index contributed by atoms with van der Waals surface area (Å²) in [7, 11) is 0. The predicted molar refractivity (Wildman–Crippen MR) is 110 cm³/mol. The van der Waals surface area contributed by atoms with Crippen molar-refractivity contribution in [2.45, 2.75) is 73.6 Å². The summed E-state index contributed by atoms with van der Waals surface area (Å²) in [6, 6.07) is 14.3. The van der Waals surface area contributed by atoms with Crippen LogP contribution < -0.4 is 0 Å². The lowest BCUT2D eigenvalue weighted by atomic mass is 9.77. The Balaban J connectivity index is 1.95. The molecule has 2 atom stereocenters. The minimum atomic E-state index is 0.301. The minimum Gasteiger partial charge on any atom is -0.0596 e. The van der Waals surface area contributed by atoms with E-state index in [2.05, 4.69) is 91.8 Å². The standard InChI is InChI=1S/C25H34/c1-16(24(3,4)5)18-9-11-22-20(13-18)15-21-14-19(10-12-23(21)22)17(2)25(6,7)8/h9-14,16-17H,15H2,1-8H3. The van der Waals surface area contributed by atoms with Crippen molar-refractivity contribution in [3.05, 3.63) is 58.7 Å². The summed E-state index contributed by atoms with van der Waals surface area (Å²) in [5.74, 6) is 1.14. The first kappa shape index (κ1) is 18.2. The highest BCUT2D eigenvalue weighted by atomic mass is 14.3. The van der Waals surface area contributed by atoms with E-state index in [1.807, 2.05) is 0 Å². The summed E-state index contributed by atoms with van der Waals surface area (Å²) in [6.45, 7) is 18.7.